The van der Waals surface area contributed by atoms with Crippen LogP contribution in [-0.2, 0) is 0 Å². The number of rotatable bonds is 2. The van der Waals surface area contributed by atoms with Crippen molar-refractivity contribution in [2.75, 3.05) is 0 Å². The zero-order chi connectivity index (χ0) is 10.5. The lowest BCUT2D eigenvalue weighted by atomic mass is 10.2. The lowest BCUT2D eigenvalue weighted by molar-refractivity contribution is 0.846. The van der Waals surface area contributed by atoms with Gasteiger partial charge in [-0.1, -0.05) is 36.4 Å². The van der Waals surface area contributed by atoms with Crippen LogP contribution in [0.25, 0.3) is 12.2 Å². The number of hydrogen-bond donors (Lipinski definition) is 1. The quantitative estimate of drug-likeness (QED) is 0.793. The molecule has 1 N–H and O–H groups in total. The summed E-state index contributed by atoms with van der Waals surface area (Å²) in [6.07, 6.45) is 4.70. The van der Waals surface area contributed by atoms with Crippen LogP contribution < -0.4 is 5.43 Å². The van der Waals surface area contributed by atoms with E-state index >= 15 is 0 Å². The van der Waals surface area contributed by atoms with Gasteiger partial charge in [0.15, 0.2) is 0 Å². The minimum Gasteiger partial charge on any atom is -0.286 e. The Hall–Kier alpha value is -2.23. The average Bonchev–Trinajstić information content (AvgIpc) is 2.29. The Morgan fingerprint density at radius 1 is 1.13 bits per heavy atom. The van der Waals surface area contributed by atoms with Gasteiger partial charge in [0.05, 0.1) is 6.20 Å². The molecule has 4 nitrogen and oxygen atoms in total. The fourth-order valence-electron chi connectivity index (χ4n) is 1.15. The predicted molar refractivity (Wildman–Crippen MR) is 58.0 cm³/mol. The smallest absolute Gasteiger partial charge is 0.226 e. The zero-order valence-electron chi connectivity index (χ0n) is 7.92. The van der Waals surface area contributed by atoms with Crippen molar-refractivity contribution in [2.45, 2.75) is 0 Å². The first-order valence-electron chi connectivity index (χ1n) is 4.49. The summed E-state index contributed by atoms with van der Waals surface area (Å²) >= 11 is 0. The number of H-pyrrole nitrogens is 1. The third kappa shape index (κ3) is 2.37. The molecule has 0 aliphatic carbocycles. The molecule has 0 bridgehead atoms. The molecule has 4 heteroatoms. The summed E-state index contributed by atoms with van der Waals surface area (Å²) in [7, 11) is 0. The zero-order valence-corrected chi connectivity index (χ0v) is 7.92. The van der Waals surface area contributed by atoms with Crippen LogP contribution in [0, 0.1) is 0 Å². The van der Waals surface area contributed by atoms with Gasteiger partial charge in [-0.15, -0.1) is 0 Å². The molecule has 0 saturated carbocycles. The number of aromatic amines is 1. The Bertz CT molecular complexity index is 517. The van der Waals surface area contributed by atoms with Crippen molar-refractivity contribution in [1.82, 2.24) is 15.4 Å². The molecule has 15 heavy (non-hydrogen) atoms. The Kier molecular flexibility index (Phi) is 2.69. The van der Waals surface area contributed by atoms with E-state index in [1.165, 1.54) is 6.20 Å². The summed E-state index contributed by atoms with van der Waals surface area (Å²) in [5.74, 6) is 0. The fourth-order valence-corrected chi connectivity index (χ4v) is 1.15. The third-order valence-electron chi connectivity index (χ3n) is 1.90. The van der Waals surface area contributed by atoms with Gasteiger partial charge in [0.2, 0.25) is 5.43 Å². The first-order chi connectivity index (χ1) is 7.36. The first kappa shape index (κ1) is 9.33. The van der Waals surface area contributed by atoms with Crippen LogP contribution in [0.15, 0.2) is 41.3 Å². The number of benzene rings is 1. The first-order valence-corrected chi connectivity index (χ1v) is 4.49. The van der Waals surface area contributed by atoms with Crippen LogP contribution in [0.5, 0.6) is 0 Å². The second-order valence-corrected chi connectivity index (χ2v) is 2.96. The van der Waals surface area contributed by atoms with E-state index in [0.717, 1.165) is 5.56 Å². The van der Waals surface area contributed by atoms with Crippen molar-refractivity contribution in [3.63, 3.8) is 0 Å². The number of hydrogen-bond acceptors (Lipinski definition) is 3. The molecule has 0 aliphatic rings. The van der Waals surface area contributed by atoms with Gasteiger partial charge in [0, 0.05) is 0 Å². The predicted octanol–water partition coefficient (Wildman–Crippen LogP) is 1.34. The summed E-state index contributed by atoms with van der Waals surface area (Å²) in [5.41, 5.74) is 1.19. The van der Waals surface area contributed by atoms with Gasteiger partial charge in [-0.3, -0.25) is 4.79 Å². The van der Waals surface area contributed by atoms with E-state index in [4.69, 9.17) is 0 Å². The summed E-state index contributed by atoms with van der Waals surface area (Å²) < 4.78 is 0. The average molecular weight is 199 g/mol. The highest BCUT2D eigenvalue weighted by Crippen LogP contribution is 2.02. The van der Waals surface area contributed by atoms with Crippen molar-refractivity contribution in [1.29, 1.82) is 0 Å². The van der Waals surface area contributed by atoms with Crippen LogP contribution in [0.3, 0.4) is 0 Å². The second kappa shape index (κ2) is 4.32. The lowest BCUT2D eigenvalue weighted by Gasteiger charge is -1.91. The van der Waals surface area contributed by atoms with Crippen molar-refractivity contribution in [3.05, 3.63) is 58.0 Å². The van der Waals surface area contributed by atoms with Crippen molar-refractivity contribution < 1.29 is 0 Å². The monoisotopic (exact) mass is 199 g/mol. The summed E-state index contributed by atoms with van der Waals surface area (Å²) in [6.45, 7) is 0. The summed E-state index contributed by atoms with van der Waals surface area (Å²) in [5, 5.41) is 9.66. The Morgan fingerprint density at radius 2 is 1.93 bits per heavy atom. The van der Waals surface area contributed by atoms with Crippen LogP contribution in [0.4, 0.5) is 0 Å². The molecule has 2 aromatic rings. The maximum absolute atomic E-state index is 11.2. The minimum absolute atomic E-state index is 0.194. The molecule has 1 aromatic heterocycles. The molecule has 0 atom stereocenters. The maximum Gasteiger partial charge on any atom is 0.226 e. The standard InChI is InChI=1S/C11H9N3O/c15-11-8-12-14-13-10(11)7-6-9-4-2-1-3-5-9/h1-8H,(H,14,15). The third-order valence-corrected chi connectivity index (χ3v) is 1.90. The molecule has 2 rings (SSSR count). The molecule has 74 valence electrons. The highest BCUT2D eigenvalue weighted by Gasteiger charge is 1.94. The Labute approximate surface area is 86.3 Å². The largest absolute Gasteiger partial charge is 0.286 e. The van der Waals surface area contributed by atoms with Crippen molar-refractivity contribution in [3.8, 4) is 0 Å². The van der Waals surface area contributed by atoms with Gasteiger partial charge < -0.3 is 0 Å². The molecular weight excluding hydrogens is 190 g/mol. The number of aromatic nitrogens is 3. The van der Waals surface area contributed by atoms with Gasteiger partial charge in [-0.05, 0) is 11.6 Å². The molecule has 1 heterocycles. The molecule has 0 radical (unpaired) electrons. The van der Waals surface area contributed by atoms with E-state index in [1.54, 1.807) is 6.08 Å². The van der Waals surface area contributed by atoms with Crippen molar-refractivity contribution >= 4 is 12.2 Å². The normalized spacial score (nSPS) is 10.7. The molecule has 1 aromatic carbocycles. The number of nitrogens with one attached hydrogen (secondary N) is 1. The Balaban J connectivity index is 2.27. The van der Waals surface area contributed by atoms with E-state index in [9.17, 15) is 4.79 Å². The van der Waals surface area contributed by atoms with Gasteiger partial charge in [0.25, 0.3) is 0 Å². The van der Waals surface area contributed by atoms with E-state index in [0.29, 0.717) is 5.69 Å². The molecule has 0 spiro atoms. The summed E-state index contributed by atoms with van der Waals surface area (Å²) in [6, 6.07) is 9.71. The SMILES string of the molecule is O=c1cn[nH]nc1C=Cc1ccccc1. The van der Waals surface area contributed by atoms with Crippen LogP contribution >= 0.6 is 0 Å². The number of nitrogens with zero attached hydrogens (tertiary/aromatic N) is 2. The minimum atomic E-state index is -0.194. The highest BCUT2D eigenvalue weighted by atomic mass is 16.1. The molecule has 0 fully saturated rings. The summed E-state index contributed by atoms with van der Waals surface area (Å²) in [4.78, 5) is 11.2. The second-order valence-electron chi connectivity index (χ2n) is 2.96. The van der Waals surface area contributed by atoms with E-state index in [-0.39, 0.29) is 5.43 Å². The molecule has 0 amide bonds. The van der Waals surface area contributed by atoms with E-state index in [1.807, 2.05) is 36.4 Å². The van der Waals surface area contributed by atoms with E-state index in [2.05, 4.69) is 15.4 Å². The van der Waals surface area contributed by atoms with Gasteiger partial charge >= 0.3 is 0 Å². The van der Waals surface area contributed by atoms with Crippen molar-refractivity contribution in [2.24, 2.45) is 0 Å². The van der Waals surface area contributed by atoms with Gasteiger partial charge in [-0.25, -0.2) is 0 Å². The topological polar surface area (TPSA) is 58.6 Å². The lowest BCUT2D eigenvalue weighted by Crippen LogP contribution is -2.08. The van der Waals surface area contributed by atoms with Gasteiger partial charge in [-0.2, -0.15) is 15.4 Å². The molecular formula is C11H9N3O. The van der Waals surface area contributed by atoms with Crippen LogP contribution in [0.2, 0.25) is 0 Å². The molecule has 0 saturated heterocycles. The van der Waals surface area contributed by atoms with Crippen LogP contribution in [0.1, 0.15) is 11.3 Å². The van der Waals surface area contributed by atoms with Gasteiger partial charge in [0.1, 0.15) is 5.69 Å². The highest BCUT2D eigenvalue weighted by molar-refractivity contribution is 5.67. The van der Waals surface area contributed by atoms with Crippen LogP contribution in [-0.4, -0.2) is 15.4 Å². The molecule has 0 unspecified atom stereocenters. The fraction of sp³-hybridized carbons (Fsp3) is 0. The Morgan fingerprint density at radius 3 is 2.67 bits per heavy atom. The molecule has 0 aliphatic heterocycles. The van der Waals surface area contributed by atoms with E-state index < -0.39 is 0 Å². The maximum atomic E-state index is 11.2.